The van der Waals surface area contributed by atoms with Crippen molar-refractivity contribution in [3.8, 4) is 51.0 Å². The number of nitrogens with zero attached hydrogens (tertiary/aromatic N) is 4. The number of fused-ring (bicyclic) bond motifs is 11. The number of benzene rings is 10. The quantitative estimate of drug-likeness (QED) is 0.174. The van der Waals surface area contributed by atoms with Crippen LogP contribution < -0.4 is 0 Å². The van der Waals surface area contributed by atoms with E-state index in [1.165, 1.54) is 32.3 Å². The van der Waals surface area contributed by atoms with E-state index in [1.807, 2.05) is 36.4 Å². The fourth-order valence-electron chi connectivity index (χ4n) is 9.43. The molecule has 0 aliphatic carbocycles. The number of rotatable bonds is 5. The van der Waals surface area contributed by atoms with E-state index in [2.05, 4.69) is 174 Å². The highest BCUT2D eigenvalue weighted by Gasteiger charge is 2.21. The summed E-state index contributed by atoms with van der Waals surface area (Å²) in [4.78, 5) is 15.3. The third-order valence-corrected chi connectivity index (χ3v) is 12.4. The minimum Gasteiger partial charge on any atom is -0.455 e. The van der Waals surface area contributed by atoms with Gasteiger partial charge in [-0.1, -0.05) is 164 Å². The van der Waals surface area contributed by atoms with Crippen molar-refractivity contribution < 1.29 is 4.42 Å². The zero-order valence-electron chi connectivity index (χ0n) is 33.3. The lowest BCUT2D eigenvalue weighted by molar-refractivity contribution is 0.672. The first-order valence-electron chi connectivity index (χ1n) is 20.9. The van der Waals surface area contributed by atoms with Gasteiger partial charge in [0.2, 0.25) is 0 Å². The normalized spacial score (nSPS) is 11.9. The summed E-state index contributed by atoms with van der Waals surface area (Å²) in [5, 5.41) is 11.6. The van der Waals surface area contributed by atoms with Gasteiger partial charge in [-0.05, 0) is 75.1 Å². The standard InChI is InChI=1S/C57H34N4O/c1-3-13-35(14-4-1)36-23-25-39(26-24-36)56-58-55(38-16-5-2-6-17-38)59-57(60-56)42-28-30-52-46(32-42)47-34-51(44-21-11-12-22-45(44)54(47)62-52)61-49-29-27-37-15-9-10-20-43(37)53(49)48-31-40-18-7-8-19-41(40)33-50(48)61/h1-34H. The molecule has 0 atom stereocenters. The van der Waals surface area contributed by atoms with Crippen LogP contribution in [-0.4, -0.2) is 19.5 Å². The van der Waals surface area contributed by atoms with Crippen molar-refractivity contribution in [1.29, 1.82) is 0 Å². The van der Waals surface area contributed by atoms with Gasteiger partial charge in [-0.3, -0.25) is 0 Å². The second-order valence-electron chi connectivity index (χ2n) is 16.0. The predicted octanol–water partition coefficient (Wildman–Crippen LogP) is 15.0. The van der Waals surface area contributed by atoms with Crippen LogP contribution in [0.1, 0.15) is 0 Å². The van der Waals surface area contributed by atoms with Gasteiger partial charge in [0.05, 0.1) is 16.7 Å². The SMILES string of the molecule is c1ccc(-c2ccc(-c3nc(-c4ccccc4)nc(-c4ccc5oc6c7ccccc7c(-n7c8cc9ccccc9cc8c8c9ccccc9ccc87)cc6c5c4)n3)cc2)cc1. The van der Waals surface area contributed by atoms with Crippen LogP contribution in [-0.2, 0) is 0 Å². The lowest BCUT2D eigenvalue weighted by Gasteiger charge is -2.13. The van der Waals surface area contributed by atoms with Crippen LogP contribution in [0.25, 0.3) is 127 Å². The molecule has 5 heteroatoms. The zero-order chi connectivity index (χ0) is 40.7. The molecule has 0 N–H and O–H groups in total. The minimum atomic E-state index is 0.597. The highest BCUT2D eigenvalue weighted by atomic mass is 16.3. The highest BCUT2D eigenvalue weighted by molar-refractivity contribution is 6.25. The molecule has 3 heterocycles. The molecule has 10 aromatic carbocycles. The van der Waals surface area contributed by atoms with E-state index < -0.39 is 0 Å². The molecule has 0 spiro atoms. The van der Waals surface area contributed by atoms with E-state index in [9.17, 15) is 0 Å². The Kier molecular flexibility index (Phi) is 7.54. The van der Waals surface area contributed by atoms with Crippen LogP contribution in [0.5, 0.6) is 0 Å². The van der Waals surface area contributed by atoms with E-state index in [1.54, 1.807) is 0 Å². The number of hydrogen-bond acceptors (Lipinski definition) is 4. The van der Waals surface area contributed by atoms with Crippen molar-refractivity contribution in [3.63, 3.8) is 0 Å². The molecule has 0 fully saturated rings. The second kappa shape index (κ2) is 13.6. The van der Waals surface area contributed by atoms with Gasteiger partial charge < -0.3 is 8.98 Å². The molecule has 0 amide bonds. The lowest BCUT2D eigenvalue weighted by Crippen LogP contribution is -2.00. The first kappa shape index (κ1) is 34.5. The van der Waals surface area contributed by atoms with Crippen molar-refractivity contribution in [2.24, 2.45) is 0 Å². The Bertz CT molecular complexity index is 3910. The van der Waals surface area contributed by atoms with Crippen LogP contribution in [0.15, 0.2) is 211 Å². The predicted molar refractivity (Wildman–Crippen MR) is 256 cm³/mol. The van der Waals surface area contributed by atoms with Gasteiger partial charge in [0.25, 0.3) is 0 Å². The Morgan fingerprint density at radius 2 is 0.871 bits per heavy atom. The third-order valence-electron chi connectivity index (χ3n) is 12.4. The summed E-state index contributed by atoms with van der Waals surface area (Å²) in [6.45, 7) is 0. The molecular weight excluding hydrogens is 757 g/mol. The van der Waals surface area contributed by atoms with Crippen LogP contribution in [0.4, 0.5) is 0 Å². The van der Waals surface area contributed by atoms with Crippen LogP contribution in [0.2, 0.25) is 0 Å². The summed E-state index contributed by atoms with van der Waals surface area (Å²) in [6, 6.07) is 72.8. The van der Waals surface area contributed by atoms with Crippen molar-refractivity contribution in [3.05, 3.63) is 206 Å². The molecule has 0 aliphatic rings. The maximum Gasteiger partial charge on any atom is 0.164 e. The fraction of sp³-hybridized carbons (Fsp3) is 0. The molecule has 0 bridgehead atoms. The van der Waals surface area contributed by atoms with Crippen molar-refractivity contribution in [1.82, 2.24) is 19.5 Å². The minimum absolute atomic E-state index is 0.597. The highest BCUT2D eigenvalue weighted by Crippen LogP contribution is 2.44. The molecule has 13 aromatic rings. The average Bonchev–Trinajstić information content (AvgIpc) is 3.88. The summed E-state index contributed by atoms with van der Waals surface area (Å²) in [5.41, 5.74) is 10.1. The Morgan fingerprint density at radius 1 is 0.323 bits per heavy atom. The largest absolute Gasteiger partial charge is 0.455 e. The Hall–Kier alpha value is -8.41. The molecule has 0 saturated heterocycles. The topological polar surface area (TPSA) is 56.7 Å². The summed E-state index contributed by atoms with van der Waals surface area (Å²) in [7, 11) is 0. The van der Waals surface area contributed by atoms with Gasteiger partial charge >= 0.3 is 0 Å². The van der Waals surface area contributed by atoms with E-state index in [0.717, 1.165) is 77.2 Å². The lowest BCUT2D eigenvalue weighted by atomic mass is 10.0. The molecule has 13 rings (SSSR count). The third kappa shape index (κ3) is 5.38. The number of furan rings is 1. The van der Waals surface area contributed by atoms with Gasteiger partial charge in [0.1, 0.15) is 11.2 Å². The summed E-state index contributed by atoms with van der Waals surface area (Å²) >= 11 is 0. The smallest absolute Gasteiger partial charge is 0.164 e. The van der Waals surface area contributed by atoms with Crippen molar-refractivity contribution in [2.75, 3.05) is 0 Å². The molecule has 0 radical (unpaired) electrons. The van der Waals surface area contributed by atoms with E-state index in [0.29, 0.717) is 17.5 Å². The van der Waals surface area contributed by atoms with Crippen molar-refractivity contribution in [2.45, 2.75) is 0 Å². The van der Waals surface area contributed by atoms with E-state index >= 15 is 0 Å². The number of aromatic nitrogens is 4. The molecule has 5 nitrogen and oxygen atoms in total. The van der Waals surface area contributed by atoms with Gasteiger partial charge in [-0.25, -0.2) is 15.0 Å². The molecule has 0 aliphatic heterocycles. The summed E-state index contributed by atoms with van der Waals surface area (Å²) < 4.78 is 9.25. The van der Waals surface area contributed by atoms with E-state index in [4.69, 9.17) is 19.4 Å². The van der Waals surface area contributed by atoms with Gasteiger partial charge in [0.15, 0.2) is 17.5 Å². The first-order valence-corrected chi connectivity index (χ1v) is 20.9. The molecule has 62 heavy (non-hydrogen) atoms. The average molecular weight is 791 g/mol. The summed E-state index contributed by atoms with van der Waals surface area (Å²) in [6.07, 6.45) is 0. The maximum atomic E-state index is 6.79. The van der Waals surface area contributed by atoms with Crippen LogP contribution in [0, 0.1) is 0 Å². The zero-order valence-corrected chi connectivity index (χ0v) is 33.3. The molecular formula is C57H34N4O. The van der Waals surface area contributed by atoms with Gasteiger partial charge in [-0.2, -0.15) is 0 Å². The monoisotopic (exact) mass is 790 g/mol. The van der Waals surface area contributed by atoms with Crippen LogP contribution >= 0.6 is 0 Å². The second-order valence-corrected chi connectivity index (χ2v) is 16.0. The number of hydrogen-bond donors (Lipinski definition) is 0. The molecule has 3 aromatic heterocycles. The molecule has 0 unspecified atom stereocenters. The van der Waals surface area contributed by atoms with Crippen molar-refractivity contribution >= 4 is 76.1 Å². The first-order chi connectivity index (χ1) is 30.7. The fourth-order valence-corrected chi connectivity index (χ4v) is 9.43. The Balaban J connectivity index is 1.04. The van der Waals surface area contributed by atoms with Gasteiger partial charge in [0, 0.05) is 49.0 Å². The summed E-state index contributed by atoms with van der Waals surface area (Å²) in [5.74, 6) is 1.83. The van der Waals surface area contributed by atoms with Crippen LogP contribution in [0.3, 0.4) is 0 Å². The van der Waals surface area contributed by atoms with E-state index in [-0.39, 0.29) is 0 Å². The Labute approximate surface area is 355 Å². The van der Waals surface area contributed by atoms with Gasteiger partial charge in [-0.15, -0.1) is 0 Å². The Morgan fingerprint density at radius 3 is 1.61 bits per heavy atom. The maximum absolute atomic E-state index is 6.79. The molecule has 0 saturated carbocycles. The molecule has 288 valence electrons.